The van der Waals surface area contributed by atoms with Crippen molar-refractivity contribution in [3.05, 3.63) is 206 Å². The Hall–Kier alpha value is -6.64. The fraction of sp³-hybridized carbons (Fsp3) is 0. The van der Waals surface area contributed by atoms with Crippen molar-refractivity contribution in [1.82, 2.24) is 4.57 Å². The maximum Gasteiger partial charge on any atom is 0.0562 e. The van der Waals surface area contributed by atoms with Gasteiger partial charge in [-0.1, -0.05) is 158 Å². The lowest BCUT2D eigenvalue weighted by Crippen LogP contribution is -2.11. The normalized spacial score (nSPS) is 11.2. The minimum absolute atomic E-state index is 1.10. The van der Waals surface area contributed by atoms with Crippen molar-refractivity contribution in [3.63, 3.8) is 0 Å². The van der Waals surface area contributed by atoms with Crippen LogP contribution in [0.25, 0.3) is 60.9 Å². The van der Waals surface area contributed by atoms with E-state index in [-0.39, 0.29) is 0 Å². The van der Waals surface area contributed by atoms with E-state index in [1.165, 1.54) is 55.2 Å². The van der Waals surface area contributed by atoms with Crippen molar-refractivity contribution in [2.75, 3.05) is 4.90 Å². The van der Waals surface area contributed by atoms with Crippen LogP contribution in [0.4, 0.5) is 17.1 Å². The highest BCUT2D eigenvalue weighted by molar-refractivity contribution is 6.17. The zero-order valence-electron chi connectivity index (χ0n) is 27.5. The van der Waals surface area contributed by atoms with Crippen molar-refractivity contribution >= 4 is 38.9 Å². The molecule has 0 bridgehead atoms. The second-order valence-corrected chi connectivity index (χ2v) is 12.6. The standard InChI is InChI=1S/C48H34N2/c1-4-15-35(16-5-1)37-27-31-40(32-28-37)49(44-23-12-10-21-42(44)39-19-8-3-9-20-39)46-25-14-26-47-48(46)43-22-11-13-24-45(43)50(47)41-33-29-38(30-34-41)36-17-6-2-7-18-36/h1-34H. The van der Waals surface area contributed by atoms with Gasteiger partial charge in [-0.2, -0.15) is 0 Å². The number of hydrogen-bond acceptors (Lipinski definition) is 1. The van der Waals surface area contributed by atoms with Gasteiger partial charge in [-0.05, 0) is 76.3 Å². The fourth-order valence-electron chi connectivity index (χ4n) is 7.27. The van der Waals surface area contributed by atoms with Gasteiger partial charge in [0.1, 0.15) is 0 Å². The minimum atomic E-state index is 1.10. The summed E-state index contributed by atoms with van der Waals surface area (Å²) in [7, 11) is 0. The monoisotopic (exact) mass is 638 g/mol. The average Bonchev–Trinajstić information content (AvgIpc) is 3.55. The van der Waals surface area contributed by atoms with Gasteiger partial charge < -0.3 is 9.47 Å². The van der Waals surface area contributed by atoms with Crippen LogP contribution in [0, 0.1) is 0 Å². The summed E-state index contributed by atoms with van der Waals surface area (Å²) >= 11 is 0. The zero-order valence-corrected chi connectivity index (χ0v) is 27.5. The molecule has 0 aliphatic rings. The first kappa shape index (κ1) is 29.5. The molecule has 2 heteroatoms. The quantitative estimate of drug-likeness (QED) is 0.169. The minimum Gasteiger partial charge on any atom is -0.309 e. The van der Waals surface area contributed by atoms with Crippen molar-refractivity contribution in [3.8, 4) is 39.1 Å². The van der Waals surface area contributed by atoms with Crippen molar-refractivity contribution in [2.45, 2.75) is 0 Å². The second-order valence-electron chi connectivity index (χ2n) is 12.6. The molecule has 0 unspecified atom stereocenters. The first-order valence-electron chi connectivity index (χ1n) is 17.1. The maximum absolute atomic E-state index is 2.44. The van der Waals surface area contributed by atoms with E-state index >= 15 is 0 Å². The van der Waals surface area contributed by atoms with Gasteiger partial charge in [0.2, 0.25) is 0 Å². The van der Waals surface area contributed by atoms with Gasteiger partial charge >= 0.3 is 0 Å². The van der Waals surface area contributed by atoms with Gasteiger partial charge in [0.15, 0.2) is 0 Å². The van der Waals surface area contributed by atoms with Crippen molar-refractivity contribution < 1.29 is 0 Å². The number of hydrogen-bond donors (Lipinski definition) is 0. The van der Waals surface area contributed by atoms with Crippen LogP contribution in [0.2, 0.25) is 0 Å². The van der Waals surface area contributed by atoms with E-state index in [0.717, 1.165) is 22.7 Å². The van der Waals surface area contributed by atoms with Gasteiger partial charge in [-0.15, -0.1) is 0 Å². The van der Waals surface area contributed by atoms with Crippen LogP contribution >= 0.6 is 0 Å². The molecule has 1 aromatic heterocycles. The Balaban J connectivity index is 1.27. The van der Waals surface area contributed by atoms with Crippen molar-refractivity contribution in [2.24, 2.45) is 0 Å². The van der Waals surface area contributed by atoms with Crippen LogP contribution in [0.1, 0.15) is 0 Å². The van der Waals surface area contributed by atoms with Gasteiger partial charge in [0, 0.05) is 27.7 Å². The Morgan fingerprint density at radius 3 is 1.46 bits per heavy atom. The lowest BCUT2D eigenvalue weighted by molar-refractivity contribution is 1.18. The molecule has 0 spiro atoms. The predicted molar refractivity (Wildman–Crippen MR) is 212 cm³/mol. The molecule has 0 saturated carbocycles. The number of fused-ring (bicyclic) bond motifs is 3. The smallest absolute Gasteiger partial charge is 0.0562 e. The Morgan fingerprint density at radius 2 is 0.800 bits per heavy atom. The number of nitrogens with zero attached hydrogens (tertiary/aromatic N) is 2. The van der Waals surface area contributed by atoms with E-state index in [4.69, 9.17) is 0 Å². The SMILES string of the molecule is c1ccc(-c2ccc(N(c3ccccc3-c3ccccc3)c3cccc4c3c3ccccc3n4-c3ccc(-c4ccccc4)cc3)cc2)cc1. The largest absolute Gasteiger partial charge is 0.309 e. The molecule has 8 aromatic carbocycles. The molecule has 0 radical (unpaired) electrons. The summed E-state index contributed by atoms with van der Waals surface area (Å²) in [6.45, 7) is 0. The van der Waals surface area contributed by atoms with Crippen LogP contribution in [-0.2, 0) is 0 Å². The number of anilines is 3. The molecule has 0 aliphatic carbocycles. The molecule has 0 saturated heterocycles. The highest BCUT2D eigenvalue weighted by atomic mass is 15.1. The molecule has 0 amide bonds. The van der Waals surface area contributed by atoms with E-state index in [1.807, 2.05) is 0 Å². The van der Waals surface area contributed by atoms with E-state index in [1.54, 1.807) is 0 Å². The molecule has 236 valence electrons. The fourth-order valence-corrected chi connectivity index (χ4v) is 7.27. The Bertz CT molecular complexity index is 2550. The topological polar surface area (TPSA) is 8.17 Å². The van der Waals surface area contributed by atoms with Crippen LogP contribution in [-0.4, -0.2) is 4.57 Å². The summed E-state index contributed by atoms with van der Waals surface area (Å²) in [5, 5.41) is 2.43. The van der Waals surface area contributed by atoms with E-state index < -0.39 is 0 Å². The van der Waals surface area contributed by atoms with Crippen molar-refractivity contribution in [1.29, 1.82) is 0 Å². The molecule has 1 heterocycles. The number of benzene rings is 8. The molecule has 0 aliphatic heterocycles. The molecule has 50 heavy (non-hydrogen) atoms. The Labute approximate surface area is 292 Å². The van der Waals surface area contributed by atoms with Gasteiger partial charge in [-0.3, -0.25) is 0 Å². The first-order valence-corrected chi connectivity index (χ1v) is 17.1. The summed E-state index contributed by atoms with van der Waals surface area (Å²) in [4.78, 5) is 2.44. The van der Waals surface area contributed by atoms with Crippen LogP contribution < -0.4 is 4.90 Å². The molecule has 0 atom stereocenters. The predicted octanol–water partition coefficient (Wildman–Crippen LogP) is 13.3. The first-order chi connectivity index (χ1) is 24.8. The molecule has 9 rings (SSSR count). The third-order valence-electron chi connectivity index (χ3n) is 9.61. The van der Waals surface area contributed by atoms with E-state index in [9.17, 15) is 0 Å². The summed E-state index contributed by atoms with van der Waals surface area (Å²) in [6, 6.07) is 74.0. The molecule has 0 fully saturated rings. The molecule has 2 nitrogen and oxygen atoms in total. The summed E-state index contributed by atoms with van der Waals surface area (Å²) < 4.78 is 2.41. The highest BCUT2D eigenvalue weighted by Crippen LogP contribution is 2.46. The van der Waals surface area contributed by atoms with Crippen LogP contribution in [0.5, 0.6) is 0 Å². The maximum atomic E-state index is 2.44. The lowest BCUT2D eigenvalue weighted by atomic mass is 10.00. The van der Waals surface area contributed by atoms with Gasteiger partial charge in [0.25, 0.3) is 0 Å². The Kier molecular flexibility index (Phi) is 7.53. The van der Waals surface area contributed by atoms with Crippen LogP contribution in [0.3, 0.4) is 0 Å². The highest BCUT2D eigenvalue weighted by Gasteiger charge is 2.23. The number of aromatic nitrogens is 1. The van der Waals surface area contributed by atoms with E-state index in [0.29, 0.717) is 0 Å². The Morgan fingerprint density at radius 1 is 0.320 bits per heavy atom. The van der Waals surface area contributed by atoms with E-state index in [2.05, 4.69) is 216 Å². The van der Waals surface area contributed by atoms with Gasteiger partial charge in [0.05, 0.1) is 22.4 Å². The summed E-state index contributed by atoms with van der Waals surface area (Å²) in [6.07, 6.45) is 0. The molecular formula is C48H34N2. The molecule has 9 aromatic rings. The average molecular weight is 639 g/mol. The van der Waals surface area contributed by atoms with Crippen LogP contribution in [0.15, 0.2) is 206 Å². The molecule has 0 N–H and O–H groups in total. The number of para-hydroxylation sites is 2. The third-order valence-corrected chi connectivity index (χ3v) is 9.61. The lowest BCUT2D eigenvalue weighted by Gasteiger charge is -2.29. The summed E-state index contributed by atoms with van der Waals surface area (Å²) in [5.41, 5.74) is 14.0. The zero-order chi connectivity index (χ0) is 33.3. The third kappa shape index (κ3) is 5.24. The number of rotatable bonds is 7. The second kappa shape index (κ2) is 12.8. The molecular weight excluding hydrogens is 605 g/mol. The summed E-state index contributed by atoms with van der Waals surface area (Å²) in [5.74, 6) is 0. The van der Waals surface area contributed by atoms with Gasteiger partial charge in [-0.25, -0.2) is 0 Å².